The Kier molecular flexibility index (Phi) is 7.14. The summed E-state index contributed by atoms with van der Waals surface area (Å²) in [7, 11) is 0. The van der Waals surface area contributed by atoms with Crippen molar-refractivity contribution in [2.45, 2.75) is 6.54 Å². The molecule has 4 rings (SSSR count). The Labute approximate surface area is 198 Å². The SMILES string of the molecule is Oc1cc(/C=C2/CN(c3ccc(F)cc3)/C(=N/Cc3ccccc3)S2)ccc1OCI. The molecular weight excluding hydrogens is 526 g/mol. The maximum atomic E-state index is 13.4. The van der Waals surface area contributed by atoms with E-state index in [1.807, 2.05) is 42.5 Å². The molecule has 158 valence electrons. The van der Waals surface area contributed by atoms with Gasteiger partial charge in [0.05, 0.1) is 13.1 Å². The van der Waals surface area contributed by atoms with Gasteiger partial charge in [0.25, 0.3) is 0 Å². The molecule has 0 bridgehead atoms. The molecule has 4 nitrogen and oxygen atoms in total. The minimum Gasteiger partial charge on any atom is -0.504 e. The Morgan fingerprint density at radius 3 is 2.58 bits per heavy atom. The van der Waals surface area contributed by atoms with Crippen LogP contribution in [-0.2, 0) is 6.54 Å². The van der Waals surface area contributed by atoms with Crippen LogP contribution >= 0.6 is 34.4 Å². The number of halogens is 2. The molecule has 1 aliphatic rings. The van der Waals surface area contributed by atoms with Crippen LogP contribution in [0.3, 0.4) is 0 Å². The summed E-state index contributed by atoms with van der Waals surface area (Å²) < 4.78 is 19.3. The molecule has 3 aromatic carbocycles. The summed E-state index contributed by atoms with van der Waals surface area (Å²) >= 11 is 3.67. The number of phenols is 1. The first-order valence-electron chi connectivity index (χ1n) is 9.64. The highest BCUT2D eigenvalue weighted by molar-refractivity contribution is 14.1. The topological polar surface area (TPSA) is 45.1 Å². The average Bonchev–Trinajstić information content (AvgIpc) is 3.18. The van der Waals surface area contributed by atoms with Gasteiger partial charge in [-0.15, -0.1) is 0 Å². The number of thioether (sulfide) groups is 1. The van der Waals surface area contributed by atoms with E-state index in [1.54, 1.807) is 36.0 Å². The molecule has 1 saturated heterocycles. The second-order valence-corrected chi connectivity index (χ2v) is 8.56. The van der Waals surface area contributed by atoms with Crippen LogP contribution in [0.25, 0.3) is 6.08 Å². The van der Waals surface area contributed by atoms with E-state index in [-0.39, 0.29) is 11.6 Å². The van der Waals surface area contributed by atoms with E-state index in [9.17, 15) is 9.50 Å². The van der Waals surface area contributed by atoms with Crippen LogP contribution in [0.15, 0.2) is 82.7 Å². The van der Waals surface area contributed by atoms with Crippen molar-refractivity contribution in [3.63, 3.8) is 0 Å². The van der Waals surface area contributed by atoms with Gasteiger partial charge < -0.3 is 14.7 Å². The van der Waals surface area contributed by atoms with Crippen LogP contribution in [0.5, 0.6) is 11.5 Å². The molecule has 0 unspecified atom stereocenters. The lowest BCUT2D eigenvalue weighted by atomic mass is 10.2. The van der Waals surface area contributed by atoms with Crippen LogP contribution < -0.4 is 9.64 Å². The molecule has 0 atom stereocenters. The number of nitrogens with zero attached hydrogens (tertiary/aromatic N) is 2. The van der Waals surface area contributed by atoms with Crippen LogP contribution in [-0.4, -0.2) is 21.4 Å². The first-order chi connectivity index (χ1) is 15.1. The van der Waals surface area contributed by atoms with Crippen molar-refractivity contribution in [1.29, 1.82) is 0 Å². The van der Waals surface area contributed by atoms with Gasteiger partial charge >= 0.3 is 0 Å². The number of anilines is 1. The van der Waals surface area contributed by atoms with Gasteiger partial charge in [0.2, 0.25) is 0 Å². The van der Waals surface area contributed by atoms with Gasteiger partial charge in [0, 0.05) is 10.6 Å². The Hall–Kier alpha value is -2.52. The molecule has 0 radical (unpaired) electrons. The summed E-state index contributed by atoms with van der Waals surface area (Å²) in [6, 6.07) is 21.9. The van der Waals surface area contributed by atoms with E-state index in [2.05, 4.69) is 27.5 Å². The fourth-order valence-electron chi connectivity index (χ4n) is 3.18. The van der Waals surface area contributed by atoms with Crippen molar-refractivity contribution in [1.82, 2.24) is 0 Å². The summed E-state index contributed by atoms with van der Waals surface area (Å²) in [6.07, 6.45) is 2.03. The highest BCUT2D eigenvalue weighted by Gasteiger charge is 2.25. The zero-order valence-corrected chi connectivity index (χ0v) is 19.5. The Balaban J connectivity index is 1.61. The Morgan fingerprint density at radius 1 is 1.10 bits per heavy atom. The van der Waals surface area contributed by atoms with Crippen LogP contribution in [0.2, 0.25) is 0 Å². The van der Waals surface area contributed by atoms with E-state index in [0.29, 0.717) is 23.5 Å². The van der Waals surface area contributed by atoms with Crippen LogP contribution in [0.4, 0.5) is 10.1 Å². The van der Waals surface area contributed by atoms with Crippen molar-refractivity contribution in [2.75, 3.05) is 16.1 Å². The molecule has 1 heterocycles. The number of phenolic OH excluding ortho intramolecular Hbond substituents is 1. The van der Waals surface area contributed by atoms with E-state index >= 15 is 0 Å². The van der Waals surface area contributed by atoms with Gasteiger partial charge in [0.1, 0.15) is 10.4 Å². The fourth-order valence-corrected chi connectivity index (χ4v) is 4.54. The smallest absolute Gasteiger partial charge is 0.169 e. The van der Waals surface area contributed by atoms with E-state index < -0.39 is 0 Å². The zero-order chi connectivity index (χ0) is 21.6. The van der Waals surface area contributed by atoms with Crippen molar-refractivity contribution in [3.8, 4) is 11.5 Å². The normalized spacial score (nSPS) is 16.3. The molecular formula is C24H20FIN2O2S. The second kappa shape index (κ2) is 10.2. The number of aromatic hydroxyl groups is 1. The van der Waals surface area contributed by atoms with E-state index in [1.165, 1.54) is 12.1 Å². The van der Waals surface area contributed by atoms with Crippen molar-refractivity contribution < 1.29 is 14.2 Å². The minimum absolute atomic E-state index is 0.113. The number of hydrogen-bond acceptors (Lipinski definition) is 4. The monoisotopic (exact) mass is 546 g/mol. The Bertz CT molecular complexity index is 1100. The molecule has 31 heavy (non-hydrogen) atoms. The molecule has 1 fully saturated rings. The van der Waals surface area contributed by atoms with E-state index in [4.69, 9.17) is 9.73 Å². The van der Waals surface area contributed by atoms with Crippen LogP contribution in [0, 0.1) is 5.82 Å². The molecule has 1 aliphatic heterocycles. The maximum Gasteiger partial charge on any atom is 0.169 e. The number of aliphatic imine (C=N–C) groups is 1. The third-order valence-electron chi connectivity index (χ3n) is 4.67. The van der Waals surface area contributed by atoms with Crippen molar-refractivity contribution in [3.05, 3.63) is 94.6 Å². The van der Waals surface area contributed by atoms with Gasteiger partial charge in [-0.25, -0.2) is 4.39 Å². The summed E-state index contributed by atoms with van der Waals surface area (Å²) in [5.74, 6) is 0.314. The summed E-state index contributed by atoms with van der Waals surface area (Å²) in [5.41, 5.74) is 2.89. The molecule has 0 aromatic heterocycles. The van der Waals surface area contributed by atoms with Gasteiger partial charge in [-0.3, -0.25) is 4.99 Å². The van der Waals surface area contributed by atoms with Gasteiger partial charge in [-0.05, 0) is 76.2 Å². The summed E-state index contributed by atoms with van der Waals surface area (Å²) in [6.45, 7) is 1.19. The predicted molar refractivity (Wildman–Crippen MR) is 135 cm³/mol. The first kappa shape index (κ1) is 21.7. The Morgan fingerprint density at radius 2 is 1.87 bits per heavy atom. The number of rotatable bonds is 6. The predicted octanol–water partition coefficient (Wildman–Crippen LogP) is 6.45. The number of alkyl halides is 1. The number of amidine groups is 1. The highest BCUT2D eigenvalue weighted by Crippen LogP contribution is 2.36. The van der Waals surface area contributed by atoms with Gasteiger partial charge in [0.15, 0.2) is 16.7 Å². The van der Waals surface area contributed by atoms with Crippen molar-refractivity contribution in [2.24, 2.45) is 4.99 Å². The maximum absolute atomic E-state index is 13.4. The van der Waals surface area contributed by atoms with Gasteiger partial charge in [-0.2, -0.15) is 0 Å². The lowest BCUT2D eigenvalue weighted by Crippen LogP contribution is -2.23. The molecule has 0 spiro atoms. The molecule has 1 N–H and O–H groups in total. The third-order valence-corrected chi connectivity index (χ3v) is 6.02. The fraction of sp³-hybridized carbons (Fsp3) is 0.125. The largest absolute Gasteiger partial charge is 0.504 e. The minimum atomic E-state index is -0.265. The van der Waals surface area contributed by atoms with Crippen LogP contribution in [0.1, 0.15) is 11.1 Å². The third kappa shape index (κ3) is 5.59. The molecule has 0 saturated carbocycles. The average molecular weight is 546 g/mol. The van der Waals surface area contributed by atoms with Crippen molar-refractivity contribution >= 4 is 51.3 Å². The summed E-state index contributed by atoms with van der Waals surface area (Å²) in [4.78, 5) is 7.98. The number of benzene rings is 3. The lowest BCUT2D eigenvalue weighted by Gasteiger charge is -2.17. The lowest BCUT2D eigenvalue weighted by molar-refractivity contribution is 0.366. The number of hydrogen-bond donors (Lipinski definition) is 1. The van der Waals surface area contributed by atoms with Gasteiger partial charge in [-0.1, -0.05) is 48.2 Å². The van der Waals surface area contributed by atoms with E-state index in [0.717, 1.165) is 26.9 Å². The second-order valence-electron chi connectivity index (χ2n) is 6.84. The quantitative estimate of drug-likeness (QED) is 0.285. The number of ether oxygens (including phenoxy) is 1. The standard InChI is InChI=1S/C24H20FIN2O2S/c25-19-7-9-20(10-8-19)28-15-21(12-18-6-11-23(30-16-26)22(29)13-18)31-24(28)27-14-17-4-2-1-3-5-17/h1-13,29H,14-16H2/b21-12-,27-24-. The molecule has 3 aromatic rings. The molecule has 0 amide bonds. The highest BCUT2D eigenvalue weighted by atomic mass is 127. The summed E-state index contributed by atoms with van der Waals surface area (Å²) in [5, 5.41) is 11.0. The molecule has 7 heteroatoms. The first-order valence-corrected chi connectivity index (χ1v) is 12.0. The molecule has 0 aliphatic carbocycles. The zero-order valence-electron chi connectivity index (χ0n) is 16.5.